The third kappa shape index (κ3) is 4.33. The summed E-state index contributed by atoms with van der Waals surface area (Å²) in [5.41, 5.74) is 1.26. The Bertz CT molecular complexity index is 216. The third-order valence-electron chi connectivity index (χ3n) is 1.34. The number of benzene rings is 1. The minimum Gasteiger partial charge on any atom is -0.508 e. The molecule has 0 aliphatic heterocycles. The van der Waals surface area contributed by atoms with Crippen molar-refractivity contribution in [2.45, 2.75) is 13.3 Å². The third-order valence-corrected chi connectivity index (χ3v) is 1.34. The highest BCUT2D eigenvalue weighted by atomic mass is 16.3. The van der Waals surface area contributed by atoms with Gasteiger partial charge in [-0.3, -0.25) is 4.79 Å². The molecule has 0 fully saturated rings. The average molecular weight is 168 g/mol. The van der Waals surface area contributed by atoms with Crippen LogP contribution in [0.5, 0.6) is 5.75 Å². The second kappa shape index (κ2) is 6.22. The SMILES string of the molecule is CCc1ccc(O)cc1.O=CO. The largest absolute Gasteiger partial charge is 0.508 e. The molecule has 1 aromatic carbocycles. The quantitative estimate of drug-likeness (QED) is 0.627. The normalized spacial score (nSPS) is 8.08. The number of carbonyl (C=O) groups is 1. The molecule has 12 heavy (non-hydrogen) atoms. The van der Waals surface area contributed by atoms with Crippen molar-refractivity contribution in [2.24, 2.45) is 0 Å². The molecular formula is C9H12O3. The standard InChI is InChI=1S/C8H10O.CH2O2/c1-2-7-3-5-8(9)6-4-7;2-1-3/h3-6,9H,2H2,1H3;1H,(H,2,3). The Morgan fingerprint density at radius 1 is 1.33 bits per heavy atom. The van der Waals surface area contributed by atoms with Crippen molar-refractivity contribution in [3.63, 3.8) is 0 Å². The maximum absolute atomic E-state index is 8.85. The first-order valence-electron chi connectivity index (χ1n) is 3.60. The Balaban J connectivity index is 0.000000354. The van der Waals surface area contributed by atoms with Gasteiger partial charge in [-0.2, -0.15) is 0 Å². The van der Waals surface area contributed by atoms with E-state index in [2.05, 4.69) is 6.92 Å². The molecule has 0 aliphatic carbocycles. The number of rotatable bonds is 1. The summed E-state index contributed by atoms with van der Waals surface area (Å²) < 4.78 is 0. The van der Waals surface area contributed by atoms with E-state index in [1.165, 1.54) is 5.56 Å². The Hall–Kier alpha value is -1.51. The molecule has 0 saturated heterocycles. The maximum Gasteiger partial charge on any atom is 0.290 e. The topological polar surface area (TPSA) is 57.5 Å². The van der Waals surface area contributed by atoms with Crippen molar-refractivity contribution >= 4 is 6.47 Å². The number of aryl methyl sites for hydroxylation is 1. The summed E-state index contributed by atoms with van der Waals surface area (Å²) in [4.78, 5) is 8.36. The molecular weight excluding hydrogens is 156 g/mol. The molecule has 0 aliphatic rings. The van der Waals surface area contributed by atoms with E-state index >= 15 is 0 Å². The van der Waals surface area contributed by atoms with Crippen LogP contribution in [0, 0.1) is 0 Å². The van der Waals surface area contributed by atoms with Crippen molar-refractivity contribution in [3.8, 4) is 5.75 Å². The van der Waals surface area contributed by atoms with Crippen LogP contribution in [-0.4, -0.2) is 16.7 Å². The van der Waals surface area contributed by atoms with E-state index in [1.807, 2.05) is 12.1 Å². The lowest BCUT2D eigenvalue weighted by molar-refractivity contribution is -0.122. The zero-order valence-electron chi connectivity index (χ0n) is 6.90. The van der Waals surface area contributed by atoms with Gasteiger partial charge in [-0.25, -0.2) is 0 Å². The average Bonchev–Trinajstić information content (AvgIpc) is 2.07. The molecule has 2 N–H and O–H groups in total. The molecule has 0 atom stereocenters. The minimum absolute atomic E-state index is 0.250. The molecule has 0 spiro atoms. The highest BCUT2D eigenvalue weighted by Gasteiger charge is 1.86. The number of phenolic OH excluding ortho intramolecular Hbond substituents is 1. The second-order valence-corrected chi connectivity index (χ2v) is 2.13. The van der Waals surface area contributed by atoms with Crippen molar-refractivity contribution in [1.82, 2.24) is 0 Å². The van der Waals surface area contributed by atoms with Gasteiger partial charge in [0.05, 0.1) is 0 Å². The fourth-order valence-electron chi connectivity index (χ4n) is 0.732. The van der Waals surface area contributed by atoms with Crippen LogP contribution in [-0.2, 0) is 11.2 Å². The Morgan fingerprint density at radius 3 is 2.08 bits per heavy atom. The highest BCUT2D eigenvalue weighted by Crippen LogP contribution is 2.09. The van der Waals surface area contributed by atoms with Gasteiger partial charge in [0.1, 0.15) is 5.75 Å². The van der Waals surface area contributed by atoms with Crippen LogP contribution < -0.4 is 0 Å². The second-order valence-electron chi connectivity index (χ2n) is 2.13. The molecule has 0 unspecified atom stereocenters. The van der Waals surface area contributed by atoms with E-state index in [0.29, 0.717) is 5.75 Å². The molecule has 0 saturated carbocycles. The zero-order chi connectivity index (χ0) is 9.40. The number of hydrogen-bond acceptors (Lipinski definition) is 2. The van der Waals surface area contributed by atoms with Gasteiger partial charge in [-0.1, -0.05) is 19.1 Å². The van der Waals surface area contributed by atoms with Gasteiger partial charge >= 0.3 is 0 Å². The summed E-state index contributed by atoms with van der Waals surface area (Å²) in [6, 6.07) is 7.27. The summed E-state index contributed by atoms with van der Waals surface area (Å²) in [6.07, 6.45) is 1.03. The van der Waals surface area contributed by atoms with E-state index < -0.39 is 0 Å². The molecule has 1 aromatic rings. The molecule has 0 bridgehead atoms. The van der Waals surface area contributed by atoms with Crippen LogP contribution in [0.1, 0.15) is 12.5 Å². The molecule has 0 heterocycles. The number of phenols is 1. The van der Waals surface area contributed by atoms with Crippen LogP contribution in [0.25, 0.3) is 0 Å². The zero-order valence-corrected chi connectivity index (χ0v) is 6.90. The van der Waals surface area contributed by atoms with Gasteiger partial charge in [0, 0.05) is 0 Å². The first-order chi connectivity index (χ1) is 5.74. The van der Waals surface area contributed by atoms with Crippen molar-refractivity contribution in [2.75, 3.05) is 0 Å². The minimum atomic E-state index is -0.250. The molecule has 1 rings (SSSR count). The van der Waals surface area contributed by atoms with E-state index in [0.717, 1.165) is 6.42 Å². The first kappa shape index (κ1) is 10.5. The lowest BCUT2D eigenvalue weighted by Crippen LogP contribution is -1.75. The summed E-state index contributed by atoms with van der Waals surface area (Å²) in [5.74, 6) is 0.340. The van der Waals surface area contributed by atoms with Crippen molar-refractivity contribution < 1.29 is 15.0 Å². The van der Waals surface area contributed by atoms with Crippen LogP contribution >= 0.6 is 0 Å². The van der Waals surface area contributed by atoms with E-state index in [-0.39, 0.29) is 6.47 Å². The van der Waals surface area contributed by atoms with Crippen LogP contribution in [0.4, 0.5) is 0 Å². The van der Waals surface area contributed by atoms with Crippen LogP contribution in [0.3, 0.4) is 0 Å². The van der Waals surface area contributed by atoms with Crippen molar-refractivity contribution in [1.29, 1.82) is 0 Å². The first-order valence-corrected chi connectivity index (χ1v) is 3.60. The van der Waals surface area contributed by atoms with Gasteiger partial charge in [0.2, 0.25) is 0 Å². The fourth-order valence-corrected chi connectivity index (χ4v) is 0.732. The van der Waals surface area contributed by atoms with Crippen LogP contribution in [0.15, 0.2) is 24.3 Å². The van der Waals surface area contributed by atoms with Gasteiger partial charge < -0.3 is 10.2 Å². The fraction of sp³-hybridized carbons (Fsp3) is 0.222. The van der Waals surface area contributed by atoms with Gasteiger partial charge in [0.25, 0.3) is 6.47 Å². The number of carboxylic acid groups (broad SMARTS) is 1. The van der Waals surface area contributed by atoms with E-state index in [4.69, 9.17) is 15.0 Å². The van der Waals surface area contributed by atoms with Gasteiger partial charge in [-0.05, 0) is 24.1 Å². The number of hydrogen-bond donors (Lipinski definition) is 2. The molecule has 3 heteroatoms. The van der Waals surface area contributed by atoms with Gasteiger partial charge in [0.15, 0.2) is 0 Å². The Kier molecular flexibility index (Phi) is 5.43. The van der Waals surface area contributed by atoms with Crippen LogP contribution in [0.2, 0.25) is 0 Å². The molecule has 3 nitrogen and oxygen atoms in total. The maximum atomic E-state index is 8.85. The summed E-state index contributed by atoms with van der Waals surface area (Å²) in [5, 5.41) is 15.7. The molecule has 0 amide bonds. The predicted octanol–water partition coefficient (Wildman–Crippen LogP) is 1.66. The lowest BCUT2D eigenvalue weighted by Gasteiger charge is -1.93. The predicted molar refractivity (Wildman–Crippen MR) is 46.2 cm³/mol. The van der Waals surface area contributed by atoms with E-state index in [1.54, 1.807) is 12.1 Å². The summed E-state index contributed by atoms with van der Waals surface area (Å²) in [6.45, 7) is 1.84. The molecule has 0 aromatic heterocycles. The summed E-state index contributed by atoms with van der Waals surface area (Å²) >= 11 is 0. The van der Waals surface area contributed by atoms with Gasteiger partial charge in [-0.15, -0.1) is 0 Å². The Morgan fingerprint density at radius 2 is 1.75 bits per heavy atom. The lowest BCUT2D eigenvalue weighted by atomic mass is 10.2. The van der Waals surface area contributed by atoms with Crippen molar-refractivity contribution in [3.05, 3.63) is 29.8 Å². The van der Waals surface area contributed by atoms with E-state index in [9.17, 15) is 0 Å². The monoisotopic (exact) mass is 168 g/mol. The smallest absolute Gasteiger partial charge is 0.290 e. The highest BCUT2D eigenvalue weighted by molar-refractivity contribution is 5.32. The Labute approximate surface area is 71.3 Å². The summed E-state index contributed by atoms with van der Waals surface area (Å²) in [7, 11) is 0. The molecule has 0 radical (unpaired) electrons. The molecule has 66 valence electrons. The number of aromatic hydroxyl groups is 1.